The third-order valence-corrected chi connectivity index (χ3v) is 4.50. The van der Waals surface area contributed by atoms with E-state index in [-0.39, 0.29) is 18.1 Å². The molecule has 136 valence electrons. The smallest absolute Gasteiger partial charge is 0.285 e. The second-order valence-electron chi connectivity index (χ2n) is 6.27. The van der Waals surface area contributed by atoms with Gasteiger partial charge < -0.3 is 0 Å². The Hall–Kier alpha value is -3.48. The molecule has 0 unspecified atom stereocenters. The molecule has 4 rings (SSSR count). The number of rotatable bonds is 5. The highest BCUT2D eigenvalue weighted by Crippen LogP contribution is 2.25. The summed E-state index contributed by atoms with van der Waals surface area (Å²) in [5.41, 5.74) is 4.31. The van der Waals surface area contributed by atoms with Crippen molar-refractivity contribution in [2.24, 2.45) is 0 Å². The molecule has 0 aliphatic rings. The van der Waals surface area contributed by atoms with Crippen LogP contribution in [0.4, 0.5) is 4.39 Å². The van der Waals surface area contributed by atoms with Gasteiger partial charge in [-0.2, -0.15) is 14.9 Å². The third-order valence-electron chi connectivity index (χ3n) is 4.50. The van der Waals surface area contributed by atoms with Gasteiger partial charge in [-0.3, -0.25) is 9.67 Å². The molecular weight excluding hydrogens is 345 g/mol. The van der Waals surface area contributed by atoms with E-state index in [1.54, 1.807) is 18.3 Å². The van der Waals surface area contributed by atoms with Gasteiger partial charge in [0, 0.05) is 11.8 Å². The number of H-pyrrole nitrogens is 1. The Bertz CT molecular complexity index is 1130. The van der Waals surface area contributed by atoms with Gasteiger partial charge in [0.25, 0.3) is 0 Å². The number of benzene rings is 2. The van der Waals surface area contributed by atoms with Gasteiger partial charge in [0.1, 0.15) is 12.1 Å². The van der Waals surface area contributed by atoms with Gasteiger partial charge in [-0.05, 0) is 47.4 Å². The number of hydrogen-bond donors (Lipinski definition) is 1. The van der Waals surface area contributed by atoms with Gasteiger partial charge in [0.05, 0.1) is 18.4 Å². The molecule has 4 aromatic rings. The quantitative estimate of drug-likeness (QED) is 0.592. The fourth-order valence-electron chi connectivity index (χ4n) is 3.14. The monoisotopic (exact) mass is 363 g/mol. The Kier molecular flexibility index (Phi) is 4.42. The van der Waals surface area contributed by atoms with Gasteiger partial charge in [0.2, 0.25) is 0 Å². The second kappa shape index (κ2) is 7.03. The van der Waals surface area contributed by atoms with Crippen LogP contribution < -0.4 is 5.69 Å². The predicted octanol–water partition coefficient (Wildman–Crippen LogP) is 3.17. The molecule has 0 atom stereocenters. The van der Waals surface area contributed by atoms with E-state index in [0.29, 0.717) is 11.3 Å². The van der Waals surface area contributed by atoms with Crippen molar-refractivity contribution in [3.05, 3.63) is 88.6 Å². The molecule has 0 saturated heterocycles. The molecule has 0 bridgehead atoms. The maximum absolute atomic E-state index is 13.4. The summed E-state index contributed by atoms with van der Waals surface area (Å²) in [7, 11) is 0. The molecule has 27 heavy (non-hydrogen) atoms. The molecule has 2 aromatic carbocycles. The molecule has 2 aromatic heterocycles. The lowest BCUT2D eigenvalue weighted by Crippen LogP contribution is -2.24. The maximum Gasteiger partial charge on any atom is 0.350 e. The van der Waals surface area contributed by atoms with Gasteiger partial charge in [-0.15, -0.1) is 0 Å². The summed E-state index contributed by atoms with van der Waals surface area (Å²) in [4.78, 5) is 12.7. The van der Waals surface area contributed by atoms with Crippen LogP contribution in [0.15, 0.2) is 66.0 Å². The zero-order valence-electron chi connectivity index (χ0n) is 14.8. The summed E-state index contributed by atoms with van der Waals surface area (Å²) in [5.74, 6) is -0.324. The minimum atomic E-state index is -0.324. The maximum atomic E-state index is 13.4. The molecule has 0 aliphatic carbocycles. The molecule has 0 fully saturated rings. The molecule has 1 N–H and O–H groups in total. The zero-order chi connectivity index (χ0) is 18.8. The average molecular weight is 363 g/mol. The second-order valence-corrected chi connectivity index (χ2v) is 6.27. The van der Waals surface area contributed by atoms with Crippen molar-refractivity contribution in [3.63, 3.8) is 0 Å². The molecule has 0 aliphatic heterocycles. The fourth-order valence-corrected chi connectivity index (χ4v) is 3.14. The summed E-state index contributed by atoms with van der Waals surface area (Å²) in [6.07, 6.45) is 5.90. The molecule has 7 heteroatoms. The summed E-state index contributed by atoms with van der Waals surface area (Å²) in [5, 5.41) is 11.0. The number of nitrogens with one attached hydrogen (secondary N) is 1. The molecule has 0 radical (unpaired) electrons. The summed E-state index contributed by atoms with van der Waals surface area (Å²) < 4.78 is 16.2. The lowest BCUT2D eigenvalue weighted by atomic mass is 10.00. The molecule has 2 heterocycles. The fraction of sp³-hybridized carbons (Fsp3) is 0.150. The van der Waals surface area contributed by atoms with Crippen molar-refractivity contribution in [1.29, 1.82) is 0 Å². The van der Waals surface area contributed by atoms with Gasteiger partial charge in [-0.25, -0.2) is 9.18 Å². The van der Waals surface area contributed by atoms with Crippen LogP contribution in [-0.2, 0) is 13.0 Å². The Labute approximate surface area is 154 Å². The van der Waals surface area contributed by atoms with E-state index in [0.717, 1.165) is 23.1 Å². The van der Waals surface area contributed by atoms with Crippen molar-refractivity contribution in [2.75, 3.05) is 0 Å². The van der Waals surface area contributed by atoms with E-state index < -0.39 is 0 Å². The molecule has 0 spiro atoms. The lowest BCUT2D eigenvalue weighted by molar-refractivity contribution is 0.622. The normalized spacial score (nSPS) is 11.0. The molecular formula is C20H18FN5O. The highest BCUT2D eigenvalue weighted by molar-refractivity contribution is 5.67. The van der Waals surface area contributed by atoms with Crippen LogP contribution in [-0.4, -0.2) is 24.5 Å². The van der Waals surface area contributed by atoms with Crippen LogP contribution in [0.5, 0.6) is 0 Å². The largest absolute Gasteiger partial charge is 0.350 e. The van der Waals surface area contributed by atoms with Crippen LogP contribution in [0, 0.1) is 5.82 Å². The first-order valence-electron chi connectivity index (χ1n) is 8.67. The van der Waals surface area contributed by atoms with E-state index in [9.17, 15) is 9.18 Å². The molecule has 6 nitrogen and oxygen atoms in total. The Balaban J connectivity index is 1.68. The number of hydrogen-bond acceptors (Lipinski definition) is 3. The zero-order valence-corrected chi connectivity index (χ0v) is 14.8. The van der Waals surface area contributed by atoms with Crippen molar-refractivity contribution in [3.8, 4) is 16.8 Å². The number of aromatic nitrogens is 5. The SMILES string of the molecule is CCc1cc(-n2ncn(Cc3cccc(F)c3)c2=O)ccc1-c1cn[nH]c1. The first-order valence-corrected chi connectivity index (χ1v) is 8.67. The van der Waals surface area contributed by atoms with Crippen LogP contribution in [0.25, 0.3) is 16.8 Å². The summed E-state index contributed by atoms with van der Waals surface area (Å²) in [6.45, 7) is 2.33. The average Bonchev–Trinajstić information content (AvgIpc) is 3.32. The number of halogens is 1. The van der Waals surface area contributed by atoms with Crippen molar-refractivity contribution in [2.45, 2.75) is 19.9 Å². The van der Waals surface area contributed by atoms with Crippen molar-refractivity contribution in [1.82, 2.24) is 24.5 Å². The Morgan fingerprint density at radius 3 is 2.81 bits per heavy atom. The van der Waals surface area contributed by atoms with Crippen LogP contribution in [0.1, 0.15) is 18.1 Å². The number of aryl methyl sites for hydroxylation is 1. The van der Waals surface area contributed by atoms with Crippen LogP contribution >= 0.6 is 0 Å². The van der Waals surface area contributed by atoms with Crippen molar-refractivity contribution < 1.29 is 4.39 Å². The highest BCUT2D eigenvalue weighted by Gasteiger charge is 2.11. The Morgan fingerprint density at radius 1 is 1.19 bits per heavy atom. The standard InChI is InChI=1S/C20H18FN5O/c1-2-15-9-18(6-7-19(15)16-10-22-23-11-16)26-20(27)25(13-24-26)12-14-4-3-5-17(21)8-14/h3-11,13H,2,12H2,1H3,(H,22,23). The molecule has 0 saturated carbocycles. The lowest BCUT2D eigenvalue weighted by Gasteiger charge is -2.08. The summed E-state index contributed by atoms with van der Waals surface area (Å²) >= 11 is 0. The topological polar surface area (TPSA) is 68.5 Å². The number of nitrogens with zero attached hydrogens (tertiary/aromatic N) is 4. The van der Waals surface area contributed by atoms with Crippen LogP contribution in [0.2, 0.25) is 0 Å². The third kappa shape index (κ3) is 3.31. The van der Waals surface area contributed by atoms with Gasteiger partial charge >= 0.3 is 5.69 Å². The highest BCUT2D eigenvalue weighted by atomic mass is 19.1. The van der Waals surface area contributed by atoms with Gasteiger partial charge in [-0.1, -0.05) is 25.1 Å². The van der Waals surface area contributed by atoms with E-state index in [2.05, 4.69) is 22.2 Å². The van der Waals surface area contributed by atoms with E-state index in [1.165, 1.54) is 27.7 Å². The number of aromatic amines is 1. The first-order chi connectivity index (χ1) is 13.2. The molecule has 0 amide bonds. The van der Waals surface area contributed by atoms with Crippen molar-refractivity contribution >= 4 is 0 Å². The predicted molar refractivity (Wildman–Crippen MR) is 100 cm³/mol. The minimum absolute atomic E-state index is 0.266. The summed E-state index contributed by atoms with van der Waals surface area (Å²) in [6, 6.07) is 12.0. The van der Waals surface area contributed by atoms with Crippen LogP contribution in [0.3, 0.4) is 0 Å². The minimum Gasteiger partial charge on any atom is -0.285 e. The first kappa shape index (κ1) is 17.0. The Morgan fingerprint density at radius 2 is 2.07 bits per heavy atom. The van der Waals surface area contributed by atoms with E-state index >= 15 is 0 Å². The van der Waals surface area contributed by atoms with E-state index in [1.807, 2.05) is 24.4 Å². The van der Waals surface area contributed by atoms with E-state index in [4.69, 9.17) is 0 Å². The van der Waals surface area contributed by atoms with Gasteiger partial charge in [0.15, 0.2) is 0 Å².